The van der Waals surface area contributed by atoms with Gasteiger partial charge in [-0.25, -0.2) is 9.37 Å². The number of nitrogens with zero attached hydrogens (tertiary/aromatic N) is 3. The van der Waals surface area contributed by atoms with Crippen molar-refractivity contribution in [2.75, 3.05) is 5.32 Å². The number of carbonyl (C=O) groups excluding carboxylic acids is 1. The molecule has 7 nitrogen and oxygen atoms in total. The second-order valence-electron chi connectivity index (χ2n) is 9.27. The zero-order valence-corrected chi connectivity index (χ0v) is 20.8. The van der Waals surface area contributed by atoms with Crippen LogP contribution in [0, 0.1) is 5.82 Å². The highest BCUT2D eigenvalue weighted by atomic mass is 19.1. The Kier molecular flexibility index (Phi) is 6.13. The molecule has 0 spiro atoms. The number of hydrogen-bond acceptors (Lipinski definition) is 4. The number of carbonyl (C=O) groups is 1. The first kappa shape index (κ1) is 23.5. The number of aromatic nitrogens is 5. The van der Waals surface area contributed by atoms with Gasteiger partial charge in [0.2, 0.25) is 5.91 Å². The Bertz CT molecular complexity index is 1790. The van der Waals surface area contributed by atoms with Crippen molar-refractivity contribution in [2.45, 2.75) is 26.2 Å². The van der Waals surface area contributed by atoms with Crippen LogP contribution in [0.3, 0.4) is 0 Å². The molecule has 8 heteroatoms. The van der Waals surface area contributed by atoms with Crippen LogP contribution >= 0.6 is 0 Å². The average molecular weight is 505 g/mol. The SMILES string of the molecule is CCCCC(=O)Nc1cncc(-c2cnc3[nH]nc(-c4cc5c(-c6cccc(F)c6)cccc5[nH]4)c3c2)c1. The fourth-order valence-corrected chi connectivity index (χ4v) is 4.68. The molecule has 3 N–H and O–H groups in total. The predicted octanol–water partition coefficient (Wildman–Crippen LogP) is 7.10. The van der Waals surface area contributed by atoms with Gasteiger partial charge in [0.05, 0.1) is 17.6 Å². The number of amides is 1. The predicted molar refractivity (Wildman–Crippen MR) is 148 cm³/mol. The minimum Gasteiger partial charge on any atom is -0.353 e. The molecule has 0 bridgehead atoms. The van der Waals surface area contributed by atoms with Gasteiger partial charge in [0.1, 0.15) is 11.5 Å². The summed E-state index contributed by atoms with van der Waals surface area (Å²) in [4.78, 5) is 24.5. The third-order valence-corrected chi connectivity index (χ3v) is 6.58. The van der Waals surface area contributed by atoms with Crippen molar-refractivity contribution in [1.29, 1.82) is 0 Å². The lowest BCUT2D eigenvalue weighted by molar-refractivity contribution is -0.116. The molecule has 0 unspecified atom stereocenters. The van der Waals surface area contributed by atoms with Gasteiger partial charge in [0.25, 0.3) is 0 Å². The number of rotatable bonds is 7. The van der Waals surface area contributed by atoms with Crippen LogP contribution in [0.2, 0.25) is 0 Å². The Balaban J connectivity index is 1.37. The average Bonchev–Trinajstić information content (AvgIpc) is 3.55. The topological polar surface area (TPSA) is 99.3 Å². The Hall–Kier alpha value is -4.85. The van der Waals surface area contributed by atoms with Crippen LogP contribution in [-0.2, 0) is 4.79 Å². The molecule has 0 fully saturated rings. The van der Waals surface area contributed by atoms with Crippen LogP contribution in [0.25, 0.3) is 55.6 Å². The number of anilines is 1. The highest BCUT2D eigenvalue weighted by molar-refractivity contribution is 6.01. The number of hydrogen-bond donors (Lipinski definition) is 3. The lowest BCUT2D eigenvalue weighted by Crippen LogP contribution is -2.11. The number of benzene rings is 2. The number of pyridine rings is 2. The first-order valence-corrected chi connectivity index (χ1v) is 12.6. The van der Waals surface area contributed by atoms with Crippen molar-refractivity contribution in [3.8, 4) is 33.6 Å². The maximum atomic E-state index is 13.9. The van der Waals surface area contributed by atoms with E-state index in [9.17, 15) is 9.18 Å². The zero-order valence-electron chi connectivity index (χ0n) is 20.8. The van der Waals surface area contributed by atoms with E-state index in [-0.39, 0.29) is 11.7 Å². The highest BCUT2D eigenvalue weighted by Crippen LogP contribution is 2.35. The quantitative estimate of drug-likeness (QED) is 0.216. The summed E-state index contributed by atoms with van der Waals surface area (Å²) in [7, 11) is 0. The molecule has 1 amide bonds. The minimum atomic E-state index is -0.272. The zero-order chi connectivity index (χ0) is 26.1. The normalized spacial score (nSPS) is 11.3. The number of unbranched alkanes of at least 4 members (excludes halogenated alkanes) is 1. The lowest BCUT2D eigenvalue weighted by Gasteiger charge is -2.07. The van der Waals surface area contributed by atoms with Crippen LogP contribution in [0.5, 0.6) is 0 Å². The van der Waals surface area contributed by atoms with E-state index < -0.39 is 0 Å². The second kappa shape index (κ2) is 9.89. The van der Waals surface area contributed by atoms with Crippen molar-refractivity contribution in [3.63, 3.8) is 0 Å². The summed E-state index contributed by atoms with van der Waals surface area (Å²) in [6.07, 6.45) is 7.45. The van der Waals surface area contributed by atoms with E-state index in [1.165, 1.54) is 12.1 Å². The Morgan fingerprint density at radius 2 is 1.82 bits per heavy atom. The van der Waals surface area contributed by atoms with Crippen LogP contribution < -0.4 is 5.32 Å². The molecule has 4 heterocycles. The van der Waals surface area contributed by atoms with E-state index in [1.807, 2.05) is 42.5 Å². The molecule has 0 aliphatic carbocycles. The van der Waals surface area contributed by atoms with Gasteiger partial charge >= 0.3 is 0 Å². The number of H-pyrrole nitrogens is 2. The Labute approximate surface area is 218 Å². The summed E-state index contributed by atoms with van der Waals surface area (Å²) >= 11 is 0. The van der Waals surface area contributed by atoms with E-state index in [2.05, 4.69) is 37.4 Å². The Morgan fingerprint density at radius 3 is 2.68 bits per heavy atom. The van der Waals surface area contributed by atoms with Gasteiger partial charge in [-0.15, -0.1) is 0 Å². The largest absolute Gasteiger partial charge is 0.353 e. The molecule has 0 aliphatic heterocycles. The molecule has 6 rings (SSSR count). The fraction of sp³-hybridized carbons (Fsp3) is 0.133. The molecule has 4 aromatic heterocycles. The smallest absolute Gasteiger partial charge is 0.224 e. The summed E-state index contributed by atoms with van der Waals surface area (Å²) in [6.45, 7) is 2.06. The minimum absolute atomic E-state index is 0.0204. The van der Waals surface area contributed by atoms with Gasteiger partial charge in [-0.1, -0.05) is 37.6 Å². The van der Waals surface area contributed by atoms with Crippen LogP contribution in [-0.4, -0.2) is 31.1 Å². The fourth-order valence-electron chi connectivity index (χ4n) is 4.68. The molecule has 188 valence electrons. The van der Waals surface area contributed by atoms with E-state index in [4.69, 9.17) is 0 Å². The number of fused-ring (bicyclic) bond motifs is 2. The molecular formula is C30H25FN6O. The molecule has 0 saturated heterocycles. The maximum absolute atomic E-state index is 13.9. The maximum Gasteiger partial charge on any atom is 0.224 e. The standard InChI is InChI=1S/C30H25FN6O/c1-2-3-10-28(38)34-22-12-19(15-32-17-22)20-13-25-29(36-37-30(25)33-16-20)27-14-24-23(8-5-9-26(24)35-27)18-6-4-7-21(31)11-18/h4-9,11-17,35H,2-3,10H2,1H3,(H,34,38)(H,33,36,37). The summed E-state index contributed by atoms with van der Waals surface area (Å²) in [5.41, 5.74) is 7.23. The molecule has 38 heavy (non-hydrogen) atoms. The molecule has 0 radical (unpaired) electrons. The lowest BCUT2D eigenvalue weighted by atomic mass is 10.0. The first-order valence-electron chi connectivity index (χ1n) is 12.6. The Morgan fingerprint density at radius 1 is 0.947 bits per heavy atom. The third kappa shape index (κ3) is 4.52. The number of nitrogens with one attached hydrogen (secondary N) is 3. The molecule has 0 atom stereocenters. The van der Waals surface area contributed by atoms with Gasteiger partial charge in [-0.2, -0.15) is 5.10 Å². The molecule has 2 aromatic carbocycles. The van der Waals surface area contributed by atoms with Crippen LogP contribution in [0.15, 0.2) is 79.3 Å². The summed E-state index contributed by atoms with van der Waals surface area (Å²) in [6, 6.07) is 18.5. The molecule has 6 aromatic rings. The van der Waals surface area contributed by atoms with Crippen LogP contribution in [0.4, 0.5) is 10.1 Å². The summed E-state index contributed by atoms with van der Waals surface area (Å²) in [5.74, 6) is -0.292. The van der Waals surface area contributed by atoms with Gasteiger partial charge in [0, 0.05) is 46.2 Å². The number of aromatic amines is 2. The van der Waals surface area contributed by atoms with E-state index in [1.54, 1.807) is 24.7 Å². The van der Waals surface area contributed by atoms with E-state index in [0.717, 1.165) is 62.8 Å². The van der Waals surface area contributed by atoms with Crippen molar-refractivity contribution in [3.05, 3.63) is 85.1 Å². The monoisotopic (exact) mass is 504 g/mol. The number of halogens is 1. The highest BCUT2D eigenvalue weighted by Gasteiger charge is 2.15. The van der Waals surface area contributed by atoms with Crippen molar-refractivity contribution in [2.24, 2.45) is 0 Å². The van der Waals surface area contributed by atoms with Crippen molar-refractivity contribution >= 4 is 33.5 Å². The van der Waals surface area contributed by atoms with Crippen molar-refractivity contribution < 1.29 is 9.18 Å². The molecular weight excluding hydrogens is 479 g/mol. The summed E-state index contributed by atoms with van der Waals surface area (Å²) < 4.78 is 13.9. The van der Waals surface area contributed by atoms with Gasteiger partial charge in [-0.05, 0) is 53.9 Å². The van der Waals surface area contributed by atoms with Gasteiger partial charge in [0.15, 0.2) is 5.65 Å². The first-order chi connectivity index (χ1) is 18.6. The molecule has 0 aliphatic rings. The molecule has 0 saturated carbocycles. The van der Waals surface area contributed by atoms with Gasteiger partial charge in [-0.3, -0.25) is 14.9 Å². The van der Waals surface area contributed by atoms with Crippen molar-refractivity contribution in [1.82, 2.24) is 25.1 Å². The van der Waals surface area contributed by atoms with E-state index >= 15 is 0 Å². The summed E-state index contributed by atoms with van der Waals surface area (Å²) in [5, 5.41) is 12.3. The second-order valence-corrected chi connectivity index (χ2v) is 9.27. The van der Waals surface area contributed by atoms with Crippen LogP contribution in [0.1, 0.15) is 26.2 Å². The van der Waals surface area contributed by atoms with E-state index in [0.29, 0.717) is 17.8 Å². The van der Waals surface area contributed by atoms with Gasteiger partial charge < -0.3 is 10.3 Å². The third-order valence-electron chi connectivity index (χ3n) is 6.58.